The molecule has 0 saturated carbocycles. The van der Waals surface area contributed by atoms with Crippen LogP contribution in [-0.4, -0.2) is 197 Å². The maximum Gasteiger partial charge on any atom is 0.326 e. The third kappa shape index (κ3) is 23.2. The zero-order chi connectivity index (χ0) is 47.8. The first-order chi connectivity index (χ1) is 30.2. The third-order valence-electron chi connectivity index (χ3n) is 10.2. The molecule has 0 bridgehead atoms. The predicted octanol–water partition coefficient (Wildman–Crippen LogP) is -1.34. The van der Waals surface area contributed by atoms with Crippen LogP contribution in [0.15, 0.2) is 24.3 Å². The Morgan fingerprint density at radius 2 is 1.12 bits per heavy atom. The highest BCUT2D eigenvalue weighted by Crippen LogP contribution is 2.13. The number of carboxylic acids is 4. The molecular formula is C42H66N8O14. The van der Waals surface area contributed by atoms with Gasteiger partial charge in [-0.1, -0.05) is 52.0 Å². The Bertz CT molecular complexity index is 1700. The van der Waals surface area contributed by atoms with Crippen LogP contribution in [0.5, 0.6) is 0 Å². The van der Waals surface area contributed by atoms with Gasteiger partial charge in [0.15, 0.2) is 12.0 Å². The van der Waals surface area contributed by atoms with Crippen LogP contribution in [0, 0.1) is 5.92 Å². The summed E-state index contributed by atoms with van der Waals surface area (Å²) in [5, 5.41) is 49.1. The second-order valence-electron chi connectivity index (χ2n) is 16.3. The molecule has 3 amide bonds. The lowest BCUT2D eigenvalue weighted by atomic mass is 9.94. The lowest BCUT2D eigenvalue weighted by Crippen LogP contribution is -2.51. The highest BCUT2D eigenvalue weighted by molar-refractivity contribution is 5.86. The molecule has 1 fully saturated rings. The molecule has 0 aromatic heterocycles. The predicted molar refractivity (Wildman–Crippen MR) is 230 cm³/mol. The van der Waals surface area contributed by atoms with Gasteiger partial charge in [0.2, 0.25) is 17.7 Å². The Kier molecular flexibility index (Phi) is 24.7. The fourth-order valence-corrected chi connectivity index (χ4v) is 6.95. The fraction of sp³-hybridized carbons (Fsp3) is 0.643. The number of carbonyl (C=O) groups excluding carboxylic acids is 5. The molecule has 1 saturated heterocycles. The summed E-state index contributed by atoms with van der Waals surface area (Å²) in [5.74, 6) is -6.64. The number of Topliss-reactive ketones (excluding diaryl/α,β-unsaturated/α-hetero) is 1. The number of nitrogens with one attached hydrogen (secondary N) is 4. The minimum Gasteiger partial charge on any atom is -0.480 e. The molecule has 8 N–H and O–H groups in total. The van der Waals surface area contributed by atoms with Crippen molar-refractivity contribution in [1.82, 2.24) is 40.9 Å². The van der Waals surface area contributed by atoms with E-state index in [0.717, 1.165) is 11.1 Å². The van der Waals surface area contributed by atoms with Gasteiger partial charge < -0.3 is 46.4 Å². The van der Waals surface area contributed by atoms with Gasteiger partial charge in [-0.25, -0.2) is 4.79 Å². The van der Waals surface area contributed by atoms with Crippen molar-refractivity contribution >= 4 is 53.9 Å². The molecule has 1 heterocycles. The number of ketones is 1. The van der Waals surface area contributed by atoms with Crippen LogP contribution < -0.4 is 21.3 Å². The van der Waals surface area contributed by atoms with E-state index in [0.29, 0.717) is 6.42 Å². The molecule has 358 valence electrons. The molecule has 1 aromatic rings. The van der Waals surface area contributed by atoms with Crippen LogP contribution in [-0.2, 0) is 60.9 Å². The number of aliphatic carboxylic acids is 4. The van der Waals surface area contributed by atoms with E-state index >= 15 is 0 Å². The van der Waals surface area contributed by atoms with Crippen molar-refractivity contribution in [2.24, 2.45) is 5.92 Å². The van der Waals surface area contributed by atoms with Gasteiger partial charge >= 0.3 is 23.9 Å². The van der Waals surface area contributed by atoms with Crippen molar-refractivity contribution < 1.29 is 68.3 Å². The minimum atomic E-state index is -1.51. The summed E-state index contributed by atoms with van der Waals surface area (Å²) in [6.07, 6.45) is -1.74. The average molecular weight is 907 g/mol. The molecule has 0 aliphatic carbocycles. The van der Waals surface area contributed by atoms with Gasteiger partial charge in [-0.05, 0) is 24.0 Å². The molecule has 22 heteroatoms. The number of hydrogen-bond donors (Lipinski definition) is 8. The number of carbonyl (C=O) groups is 9. The van der Waals surface area contributed by atoms with Gasteiger partial charge in [0.1, 0.15) is 6.04 Å². The van der Waals surface area contributed by atoms with E-state index < -0.39 is 60.3 Å². The molecule has 3 atom stereocenters. The maximum absolute atomic E-state index is 13.2. The van der Waals surface area contributed by atoms with E-state index in [1.54, 1.807) is 19.6 Å². The van der Waals surface area contributed by atoms with Crippen LogP contribution in [0.1, 0.15) is 64.5 Å². The highest BCUT2D eigenvalue weighted by Gasteiger charge is 2.26. The highest BCUT2D eigenvalue weighted by atomic mass is 16.5. The first-order valence-electron chi connectivity index (χ1n) is 21.3. The topological polar surface area (TPSA) is 305 Å². The molecular weight excluding hydrogens is 841 g/mol. The third-order valence-corrected chi connectivity index (χ3v) is 10.2. The first-order valence-corrected chi connectivity index (χ1v) is 21.3. The number of hydrogen-bond acceptors (Lipinski definition) is 15. The van der Waals surface area contributed by atoms with Crippen molar-refractivity contribution in [3.05, 3.63) is 35.4 Å². The van der Waals surface area contributed by atoms with Crippen molar-refractivity contribution in [1.29, 1.82) is 0 Å². The quantitative estimate of drug-likeness (QED) is 0.0374. The molecule has 0 spiro atoms. The number of benzene rings is 1. The van der Waals surface area contributed by atoms with Gasteiger partial charge in [-0.15, -0.1) is 0 Å². The van der Waals surface area contributed by atoms with E-state index in [1.807, 2.05) is 52.0 Å². The molecule has 0 radical (unpaired) electrons. The Morgan fingerprint density at radius 3 is 1.58 bits per heavy atom. The van der Waals surface area contributed by atoms with Crippen molar-refractivity contribution in [3.63, 3.8) is 0 Å². The minimum absolute atomic E-state index is 0.0977. The van der Waals surface area contributed by atoms with E-state index in [1.165, 1.54) is 0 Å². The summed E-state index contributed by atoms with van der Waals surface area (Å²) in [4.78, 5) is 116. The van der Waals surface area contributed by atoms with Gasteiger partial charge in [-0.2, -0.15) is 0 Å². The first kappa shape index (κ1) is 54.6. The molecule has 64 heavy (non-hydrogen) atoms. The summed E-state index contributed by atoms with van der Waals surface area (Å²) in [7, 11) is 0. The van der Waals surface area contributed by atoms with Crippen LogP contribution in [0.25, 0.3) is 0 Å². The summed E-state index contributed by atoms with van der Waals surface area (Å²) in [6.45, 7) is 7.79. The summed E-state index contributed by atoms with van der Waals surface area (Å²) in [6, 6.07) is 5.72. The van der Waals surface area contributed by atoms with Crippen LogP contribution in [0.2, 0.25) is 0 Å². The van der Waals surface area contributed by atoms with E-state index in [9.17, 15) is 63.6 Å². The number of amides is 3. The largest absolute Gasteiger partial charge is 0.480 e. The fourth-order valence-electron chi connectivity index (χ4n) is 6.95. The molecule has 2 rings (SSSR count). The van der Waals surface area contributed by atoms with E-state index in [2.05, 4.69) is 21.3 Å². The average Bonchev–Trinajstić information content (AvgIpc) is 3.20. The molecule has 22 nitrogen and oxygen atoms in total. The summed E-state index contributed by atoms with van der Waals surface area (Å²) < 4.78 is 4.96. The Hall–Kier alpha value is -5.55. The SMILES string of the molecule is CC(C)N[C@@H](Cc1cccc(CNC(=O)CC[C@H](NC(=O)CC[C@H](NC(=O)CN2CCN(CC(=O)O)CCN(CC(=O)O)CCN(CC(=O)O)CC2)C(=O)O)OC=O)c1)C(=O)C(C)C. The second kappa shape index (κ2) is 29.0. The number of nitrogens with zero attached hydrogens (tertiary/aromatic N) is 4. The standard InChI is InChI=1S/C42H66N8O14/c1-28(2)41(61)33(44-29(3)4)21-30-6-5-7-31(20-30)22-43-34(52)10-11-37(64-27-51)46-35(53)9-8-32(42(62)63)45-36(54)23-47-12-14-48(24-38(55)56)16-18-50(26-40(59)60)19-17-49(15-13-47)25-39(57)58/h5-7,20,27-29,32-33,37,44H,8-19,21-26H2,1-4H3,(H,43,52)(H,45,54)(H,46,53)(H,55,56)(H,57,58)(H,59,60)(H,62,63)/t32-,33-,37+/m0/s1. The number of carboxylic acid groups (broad SMARTS) is 4. The normalized spacial score (nSPS) is 16.3. The molecule has 1 aliphatic rings. The second-order valence-corrected chi connectivity index (χ2v) is 16.3. The number of rotatable bonds is 27. The van der Waals surface area contributed by atoms with Crippen molar-refractivity contribution in [2.45, 2.75) is 90.7 Å². The summed E-state index contributed by atoms with van der Waals surface area (Å²) >= 11 is 0. The Morgan fingerprint density at radius 1 is 0.641 bits per heavy atom. The zero-order valence-corrected chi connectivity index (χ0v) is 37.2. The monoisotopic (exact) mass is 906 g/mol. The van der Waals surface area contributed by atoms with E-state index in [4.69, 9.17) is 4.74 Å². The van der Waals surface area contributed by atoms with E-state index in [-0.39, 0.29) is 135 Å². The molecule has 1 aromatic carbocycles. The van der Waals surface area contributed by atoms with Crippen LogP contribution in [0.3, 0.4) is 0 Å². The smallest absolute Gasteiger partial charge is 0.326 e. The lowest BCUT2D eigenvalue weighted by Gasteiger charge is -2.33. The molecule has 0 unspecified atom stereocenters. The Labute approximate surface area is 373 Å². The van der Waals surface area contributed by atoms with Crippen molar-refractivity contribution in [2.75, 3.05) is 78.5 Å². The van der Waals surface area contributed by atoms with Gasteiger partial charge in [0.25, 0.3) is 6.47 Å². The zero-order valence-electron chi connectivity index (χ0n) is 37.2. The van der Waals surface area contributed by atoms with Crippen molar-refractivity contribution in [3.8, 4) is 0 Å². The van der Waals surface area contributed by atoms with Gasteiger partial charge in [0, 0.05) is 90.1 Å². The maximum atomic E-state index is 13.2. The summed E-state index contributed by atoms with van der Waals surface area (Å²) in [5.41, 5.74) is 1.72. The molecule has 1 aliphatic heterocycles. The Balaban J connectivity index is 1.97. The van der Waals surface area contributed by atoms with Crippen LogP contribution >= 0.6 is 0 Å². The number of ether oxygens (including phenoxy) is 1. The lowest BCUT2D eigenvalue weighted by molar-refractivity contribution is -0.143. The van der Waals surface area contributed by atoms with Gasteiger partial charge in [0.05, 0.1) is 32.2 Å². The van der Waals surface area contributed by atoms with Crippen LogP contribution in [0.4, 0.5) is 0 Å². The van der Waals surface area contributed by atoms with Gasteiger partial charge in [-0.3, -0.25) is 58.0 Å².